The number of hydrogen-bond donors (Lipinski definition) is 1. The number of fused-ring (bicyclic) bond motifs is 1. The van der Waals surface area contributed by atoms with Crippen LogP contribution in [0.1, 0.15) is 48.5 Å². The number of nitrogens with zero attached hydrogens (tertiary/aromatic N) is 2. The van der Waals surface area contributed by atoms with Crippen LogP contribution in [0.15, 0.2) is 24.3 Å². The van der Waals surface area contributed by atoms with E-state index in [0.29, 0.717) is 12.5 Å². The molecule has 2 N–H and O–H groups in total. The fourth-order valence-electron chi connectivity index (χ4n) is 3.16. The molecule has 0 radical (unpaired) electrons. The first-order chi connectivity index (χ1) is 11.1. The molecular formula is C19H25N3S. The van der Waals surface area contributed by atoms with Gasteiger partial charge in [-0.1, -0.05) is 45.0 Å². The lowest BCUT2D eigenvalue weighted by atomic mass is 10.1. The second-order valence-electron chi connectivity index (χ2n) is 6.31. The Morgan fingerprint density at radius 1 is 1.22 bits per heavy atom. The number of hydrogen-bond acceptors (Lipinski definition) is 3. The summed E-state index contributed by atoms with van der Waals surface area (Å²) in [6.45, 7) is 9.43. The van der Waals surface area contributed by atoms with Gasteiger partial charge in [0.25, 0.3) is 0 Å². The largest absolute Gasteiger partial charge is 0.330 e. The van der Waals surface area contributed by atoms with E-state index in [1.165, 1.54) is 33.1 Å². The Morgan fingerprint density at radius 2 is 1.91 bits per heavy atom. The Morgan fingerprint density at radius 3 is 2.48 bits per heavy atom. The van der Waals surface area contributed by atoms with Crippen LogP contribution in [0.4, 0.5) is 0 Å². The normalized spacial score (nSPS) is 11.7. The van der Waals surface area contributed by atoms with Gasteiger partial charge in [-0.2, -0.15) is 0 Å². The summed E-state index contributed by atoms with van der Waals surface area (Å²) in [6.07, 6.45) is 1.93. The molecule has 4 heteroatoms. The van der Waals surface area contributed by atoms with Crippen molar-refractivity contribution < 1.29 is 0 Å². The van der Waals surface area contributed by atoms with Gasteiger partial charge >= 0.3 is 0 Å². The summed E-state index contributed by atoms with van der Waals surface area (Å²) in [5.74, 6) is 0.416. The zero-order chi connectivity index (χ0) is 16.6. The third-order valence-corrected chi connectivity index (χ3v) is 5.29. The third-order valence-electron chi connectivity index (χ3n) is 4.34. The molecule has 3 aromatic rings. The number of imidazole rings is 1. The van der Waals surface area contributed by atoms with E-state index < -0.39 is 0 Å². The van der Waals surface area contributed by atoms with E-state index in [1.54, 1.807) is 11.3 Å². The lowest BCUT2D eigenvalue weighted by molar-refractivity contribution is 0.792. The standard InChI is InChI=1S/C19H25N3S/c1-5-14-6-8-15(9-7-14)18-13(4)23-19-21-17(12(2)3)16(10-11-20)22(18)19/h6-9,12H,5,10-11,20H2,1-4H3. The van der Waals surface area contributed by atoms with E-state index in [4.69, 9.17) is 10.7 Å². The lowest BCUT2D eigenvalue weighted by Gasteiger charge is -2.10. The van der Waals surface area contributed by atoms with E-state index in [2.05, 4.69) is 56.4 Å². The van der Waals surface area contributed by atoms with Crippen molar-refractivity contribution in [1.29, 1.82) is 0 Å². The van der Waals surface area contributed by atoms with Crippen LogP contribution in [0.5, 0.6) is 0 Å². The SMILES string of the molecule is CCc1ccc(-c2c(C)sc3nc(C(C)C)c(CCN)n23)cc1. The number of aryl methyl sites for hydroxylation is 2. The molecule has 0 aliphatic heterocycles. The van der Waals surface area contributed by atoms with Gasteiger partial charge in [-0.3, -0.25) is 4.40 Å². The van der Waals surface area contributed by atoms with Crippen LogP contribution in [-0.2, 0) is 12.8 Å². The number of nitrogens with two attached hydrogens (primary N) is 1. The highest BCUT2D eigenvalue weighted by Crippen LogP contribution is 2.35. The van der Waals surface area contributed by atoms with Crippen LogP contribution >= 0.6 is 11.3 Å². The number of rotatable bonds is 5. The molecular weight excluding hydrogens is 302 g/mol. The molecule has 0 unspecified atom stereocenters. The molecule has 0 amide bonds. The molecule has 23 heavy (non-hydrogen) atoms. The summed E-state index contributed by atoms with van der Waals surface area (Å²) in [7, 11) is 0. The van der Waals surface area contributed by atoms with Crippen molar-refractivity contribution in [3.8, 4) is 11.3 Å². The molecule has 1 aromatic carbocycles. The van der Waals surface area contributed by atoms with Crippen molar-refractivity contribution in [2.24, 2.45) is 5.73 Å². The minimum absolute atomic E-state index is 0.416. The Bertz CT molecular complexity index is 809. The van der Waals surface area contributed by atoms with E-state index in [9.17, 15) is 0 Å². The number of aromatic nitrogens is 2. The quantitative estimate of drug-likeness (QED) is 0.746. The molecule has 0 bridgehead atoms. The van der Waals surface area contributed by atoms with Gasteiger partial charge in [0, 0.05) is 17.0 Å². The molecule has 0 spiro atoms. The molecule has 2 aromatic heterocycles. The van der Waals surface area contributed by atoms with Crippen molar-refractivity contribution in [1.82, 2.24) is 9.38 Å². The molecule has 0 atom stereocenters. The minimum atomic E-state index is 0.416. The Hall–Kier alpha value is -1.65. The van der Waals surface area contributed by atoms with Crippen LogP contribution in [0.2, 0.25) is 0 Å². The maximum atomic E-state index is 5.88. The molecule has 2 heterocycles. The van der Waals surface area contributed by atoms with Crippen LogP contribution in [-0.4, -0.2) is 15.9 Å². The monoisotopic (exact) mass is 327 g/mol. The summed E-state index contributed by atoms with van der Waals surface area (Å²) in [4.78, 5) is 7.30. The molecule has 0 saturated carbocycles. The third kappa shape index (κ3) is 2.81. The van der Waals surface area contributed by atoms with Gasteiger partial charge in [0.1, 0.15) is 0 Å². The summed E-state index contributed by atoms with van der Waals surface area (Å²) in [5.41, 5.74) is 12.2. The highest BCUT2D eigenvalue weighted by atomic mass is 32.1. The summed E-state index contributed by atoms with van der Waals surface area (Å²) < 4.78 is 2.34. The Labute approximate surface area is 142 Å². The predicted octanol–water partition coefficient (Wildman–Crippen LogP) is 4.56. The fraction of sp³-hybridized carbons (Fsp3) is 0.421. The van der Waals surface area contributed by atoms with Crippen molar-refractivity contribution in [2.75, 3.05) is 6.54 Å². The van der Waals surface area contributed by atoms with Crippen LogP contribution in [0.25, 0.3) is 16.2 Å². The van der Waals surface area contributed by atoms with Crippen LogP contribution < -0.4 is 5.73 Å². The molecule has 0 aliphatic rings. The van der Waals surface area contributed by atoms with Gasteiger partial charge in [-0.15, -0.1) is 11.3 Å². The smallest absolute Gasteiger partial charge is 0.194 e. The van der Waals surface area contributed by atoms with Gasteiger partial charge in [-0.25, -0.2) is 4.98 Å². The van der Waals surface area contributed by atoms with Crippen molar-refractivity contribution >= 4 is 16.3 Å². The van der Waals surface area contributed by atoms with Gasteiger partial charge in [0.05, 0.1) is 11.4 Å². The second-order valence-corrected chi connectivity index (χ2v) is 7.49. The number of thiazole rings is 1. The van der Waals surface area contributed by atoms with Crippen LogP contribution in [0, 0.1) is 6.92 Å². The van der Waals surface area contributed by atoms with Crippen molar-refractivity contribution in [2.45, 2.75) is 46.5 Å². The van der Waals surface area contributed by atoms with Crippen LogP contribution in [0.3, 0.4) is 0 Å². The van der Waals surface area contributed by atoms with Gasteiger partial charge in [0.15, 0.2) is 4.96 Å². The highest BCUT2D eigenvalue weighted by Gasteiger charge is 2.21. The Balaban J connectivity index is 2.24. The predicted molar refractivity (Wildman–Crippen MR) is 99.5 cm³/mol. The molecule has 3 rings (SSSR count). The van der Waals surface area contributed by atoms with Gasteiger partial charge < -0.3 is 5.73 Å². The topological polar surface area (TPSA) is 43.3 Å². The van der Waals surface area contributed by atoms with Crippen molar-refractivity contribution in [3.05, 3.63) is 46.1 Å². The van der Waals surface area contributed by atoms with E-state index in [1.807, 2.05) is 0 Å². The maximum Gasteiger partial charge on any atom is 0.194 e. The summed E-state index contributed by atoms with van der Waals surface area (Å²) >= 11 is 1.77. The highest BCUT2D eigenvalue weighted by molar-refractivity contribution is 7.17. The molecule has 0 fully saturated rings. The molecule has 122 valence electrons. The first kappa shape index (κ1) is 16.2. The van der Waals surface area contributed by atoms with E-state index in [0.717, 1.165) is 17.8 Å². The zero-order valence-corrected chi connectivity index (χ0v) is 15.2. The maximum absolute atomic E-state index is 5.88. The van der Waals surface area contributed by atoms with Gasteiger partial charge in [0.2, 0.25) is 0 Å². The molecule has 0 aliphatic carbocycles. The summed E-state index contributed by atoms with van der Waals surface area (Å²) in [6, 6.07) is 8.91. The lowest BCUT2D eigenvalue weighted by Crippen LogP contribution is -2.08. The summed E-state index contributed by atoms with van der Waals surface area (Å²) in [5, 5.41) is 0. The van der Waals surface area contributed by atoms with E-state index in [-0.39, 0.29) is 0 Å². The average molecular weight is 327 g/mol. The van der Waals surface area contributed by atoms with Crippen molar-refractivity contribution in [3.63, 3.8) is 0 Å². The first-order valence-electron chi connectivity index (χ1n) is 8.36. The van der Waals surface area contributed by atoms with E-state index >= 15 is 0 Å². The minimum Gasteiger partial charge on any atom is -0.330 e. The first-order valence-corrected chi connectivity index (χ1v) is 9.18. The fourth-order valence-corrected chi connectivity index (χ4v) is 4.18. The Kier molecular flexibility index (Phi) is 4.55. The second kappa shape index (κ2) is 6.46. The molecule has 3 nitrogen and oxygen atoms in total. The average Bonchev–Trinajstić information content (AvgIpc) is 3.03. The molecule has 0 saturated heterocycles. The van der Waals surface area contributed by atoms with Gasteiger partial charge in [-0.05, 0) is 36.9 Å². The number of benzene rings is 1. The zero-order valence-electron chi connectivity index (χ0n) is 14.4.